The van der Waals surface area contributed by atoms with Crippen molar-refractivity contribution in [3.63, 3.8) is 0 Å². The smallest absolute Gasteiger partial charge is 0.265 e. The summed E-state index contributed by atoms with van der Waals surface area (Å²) in [5.41, 5.74) is 4.84. The van der Waals surface area contributed by atoms with Crippen molar-refractivity contribution in [1.29, 1.82) is 0 Å². The van der Waals surface area contributed by atoms with Crippen molar-refractivity contribution in [2.45, 2.75) is 55.1 Å². The first kappa shape index (κ1) is 36.9. The number of anilines is 1. The Labute approximate surface area is 305 Å². The molecule has 1 fully saturated rings. The van der Waals surface area contributed by atoms with Gasteiger partial charge in [-0.2, -0.15) is 16.1 Å². The van der Waals surface area contributed by atoms with Crippen LogP contribution < -0.4 is 14.4 Å². The molecule has 0 spiro atoms. The molecule has 4 aromatic carbocycles. The van der Waals surface area contributed by atoms with Gasteiger partial charge in [-0.1, -0.05) is 66.2 Å². The summed E-state index contributed by atoms with van der Waals surface area (Å²) in [5.74, 6) is 2.65. The average Bonchev–Trinajstić information content (AvgIpc) is 3.15. The summed E-state index contributed by atoms with van der Waals surface area (Å²) in [7, 11) is -0.552. The number of carbonyl (C=O) groups excluding carboxylic acids is 1. The quantitative estimate of drug-likeness (QED) is 0.123. The number of nitrogens with zero attached hydrogens (tertiary/aromatic N) is 2. The lowest BCUT2D eigenvalue weighted by Crippen LogP contribution is -2.53. The summed E-state index contributed by atoms with van der Waals surface area (Å²) in [6.07, 6.45) is 0.842. The maximum atomic E-state index is 14.4. The number of piperidine rings is 1. The average molecular weight is 731 g/mol. The predicted octanol–water partition coefficient (Wildman–Crippen LogP) is 6.83. The predicted molar refractivity (Wildman–Crippen MR) is 201 cm³/mol. The Morgan fingerprint density at radius 3 is 2.41 bits per heavy atom. The number of carbonyl (C=O) groups is 1. The van der Waals surface area contributed by atoms with E-state index in [0.29, 0.717) is 43.2 Å². The van der Waals surface area contributed by atoms with E-state index >= 15 is 0 Å². The number of sulfonamides is 1. The monoisotopic (exact) mass is 730 g/mol. The van der Waals surface area contributed by atoms with Crippen LogP contribution in [0, 0.1) is 6.92 Å². The summed E-state index contributed by atoms with van der Waals surface area (Å²) >= 11 is 1.75. The molecule has 2 heterocycles. The molecule has 11 heteroatoms. The van der Waals surface area contributed by atoms with Gasteiger partial charge in [0, 0.05) is 50.3 Å². The van der Waals surface area contributed by atoms with E-state index in [2.05, 4.69) is 24.3 Å². The van der Waals surface area contributed by atoms with E-state index in [1.807, 2.05) is 67.6 Å². The zero-order valence-corrected chi connectivity index (χ0v) is 31.0. The highest BCUT2D eigenvalue weighted by Crippen LogP contribution is 2.40. The van der Waals surface area contributed by atoms with Crippen molar-refractivity contribution < 1.29 is 32.2 Å². The standard InChI is InChI=1S/C40H46N2O7S2/c1-29-10-17-35(18-11-29)51(44,45)42-24-39(48-25-31-12-19-38-37(22-31)41(20-7-21-46-2)40(43)26-49-38)36(32-13-15-34(47-3)16-14-32)23-33(42)28-50-27-30-8-5-4-6-9-30/h4-6,8-19,22,33,36,39H,7,20-21,23-28H2,1-3H3/t33-,36+,39-/m0/s1. The molecule has 0 unspecified atom stereocenters. The summed E-state index contributed by atoms with van der Waals surface area (Å²) in [6, 6.07) is 30.8. The Morgan fingerprint density at radius 1 is 0.922 bits per heavy atom. The second-order valence-electron chi connectivity index (χ2n) is 13.0. The van der Waals surface area contributed by atoms with E-state index in [1.165, 1.54) is 5.56 Å². The minimum atomic E-state index is -3.84. The number of methoxy groups -OCH3 is 2. The lowest BCUT2D eigenvalue weighted by molar-refractivity contribution is -0.121. The third-order valence-electron chi connectivity index (χ3n) is 9.50. The topological polar surface area (TPSA) is 94.6 Å². The number of hydrogen-bond donors (Lipinski definition) is 0. The molecule has 1 saturated heterocycles. The number of thioether (sulfide) groups is 1. The number of ether oxygens (including phenoxy) is 4. The van der Waals surface area contributed by atoms with Gasteiger partial charge >= 0.3 is 0 Å². The van der Waals surface area contributed by atoms with Crippen molar-refractivity contribution in [2.24, 2.45) is 0 Å². The fraction of sp³-hybridized carbons (Fsp3) is 0.375. The van der Waals surface area contributed by atoms with Crippen LogP contribution in [0.15, 0.2) is 102 Å². The highest BCUT2D eigenvalue weighted by molar-refractivity contribution is 7.98. The molecule has 2 aliphatic rings. The SMILES string of the molecule is COCCCN1C(=O)COc2ccc(CO[C@H]3CN(S(=O)(=O)c4ccc(C)cc4)[C@H](CSCc4ccccc4)C[C@@H]3c3ccc(OC)cc3)cc21. The van der Waals surface area contributed by atoms with Crippen molar-refractivity contribution in [2.75, 3.05) is 51.2 Å². The van der Waals surface area contributed by atoms with Crippen molar-refractivity contribution in [1.82, 2.24) is 4.31 Å². The van der Waals surface area contributed by atoms with E-state index < -0.39 is 16.1 Å². The lowest BCUT2D eigenvalue weighted by Gasteiger charge is -2.43. The van der Waals surface area contributed by atoms with E-state index in [4.69, 9.17) is 18.9 Å². The van der Waals surface area contributed by atoms with Gasteiger partial charge in [0.15, 0.2) is 6.61 Å². The van der Waals surface area contributed by atoms with Crippen LogP contribution in [0.4, 0.5) is 5.69 Å². The van der Waals surface area contributed by atoms with Gasteiger partial charge in [-0.05, 0) is 72.9 Å². The molecule has 4 aromatic rings. The Morgan fingerprint density at radius 2 is 1.69 bits per heavy atom. The highest BCUT2D eigenvalue weighted by Gasteiger charge is 2.43. The Kier molecular flexibility index (Phi) is 12.4. The summed E-state index contributed by atoms with van der Waals surface area (Å²) < 4.78 is 53.6. The number of amides is 1. The molecule has 0 saturated carbocycles. The van der Waals surface area contributed by atoms with Gasteiger partial charge in [0.1, 0.15) is 11.5 Å². The summed E-state index contributed by atoms with van der Waals surface area (Å²) in [4.78, 5) is 14.8. The van der Waals surface area contributed by atoms with Crippen LogP contribution in [0.2, 0.25) is 0 Å². The molecule has 51 heavy (non-hydrogen) atoms. The molecule has 2 aliphatic heterocycles. The van der Waals surface area contributed by atoms with Crippen LogP contribution in [0.25, 0.3) is 0 Å². The molecular weight excluding hydrogens is 685 g/mol. The maximum absolute atomic E-state index is 14.4. The highest BCUT2D eigenvalue weighted by atomic mass is 32.2. The molecule has 6 rings (SSSR count). The van der Waals surface area contributed by atoms with Gasteiger partial charge in [0.05, 0.1) is 30.4 Å². The Balaban J connectivity index is 1.29. The normalized spacial score (nSPS) is 19.4. The van der Waals surface area contributed by atoms with Gasteiger partial charge in [0.2, 0.25) is 10.0 Å². The van der Waals surface area contributed by atoms with E-state index in [1.54, 1.807) is 47.3 Å². The minimum absolute atomic E-state index is 0.00244. The van der Waals surface area contributed by atoms with Crippen LogP contribution in [-0.2, 0) is 36.7 Å². The molecule has 0 bridgehead atoms. The summed E-state index contributed by atoms with van der Waals surface area (Å²) in [6.45, 7) is 3.44. The first-order chi connectivity index (χ1) is 24.8. The fourth-order valence-electron chi connectivity index (χ4n) is 6.72. The molecule has 1 amide bonds. The van der Waals surface area contributed by atoms with Gasteiger partial charge in [-0.3, -0.25) is 4.79 Å². The third kappa shape index (κ3) is 8.96. The van der Waals surface area contributed by atoms with Gasteiger partial charge < -0.3 is 23.8 Å². The van der Waals surface area contributed by atoms with Gasteiger partial charge in [-0.25, -0.2) is 8.42 Å². The third-order valence-corrected chi connectivity index (χ3v) is 12.6. The molecular formula is C40H46N2O7S2. The Bertz CT molecular complexity index is 1850. The van der Waals surface area contributed by atoms with Crippen LogP contribution in [0.5, 0.6) is 11.5 Å². The van der Waals surface area contributed by atoms with Crippen molar-refractivity contribution >= 4 is 33.4 Å². The fourth-order valence-corrected chi connectivity index (χ4v) is 9.59. The first-order valence-corrected chi connectivity index (χ1v) is 19.9. The van der Waals surface area contributed by atoms with E-state index in [-0.39, 0.29) is 42.5 Å². The number of hydrogen-bond acceptors (Lipinski definition) is 8. The molecule has 0 radical (unpaired) electrons. The minimum Gasteiger partial charge on any atom is -0.497 e. The van der Waals surface area contributed by atoms with E-state index in [9.17, 15) is 13.2 Å². The zero-order chi connectivity index (χ0) is 35.8. The number of benzene rings is 4. The van der Waals surface area contributed by atoms with Crippen LogP contribution in [0.1, 0.15) is 41.0 Å². The first-order valence-electron chi connectivity index (χ1n) is 17.3. The lowest BCUT2D eigenvalue weighted by atomic mass is 9.84. The van der Waals surface area contributed by atoms with Gasteiger partial charge in [-0.15, -0.1) is 0 Å². The number of rotatable bonds is 15. The molecule has 270 valence electrons. The second kappa shape index (κ2) is 17.1. The van der Waals surface area contributed by atoms with Crippen LogP contribution in [0.3, 0.4) is 0 Å². The molecule has 0 aliphatic carbocycles. The second-order valence-corrected chi connectivity index (χ2v) is 15.9. The molecule has 9 nitrogen and oxygen atoms in total. The van der Waals surface area contributed by atoms with Gasteiger partial charge in [0.25, 0.3) is 5.91 Å². The summed E-state index contributed by atoms with van der Waals surface area (Å²) in [5, 5.41) is 0. The molecule has 0 aromatic heterocycles. The maximum Gasteiger partial charge on any atom is 0.265 e. The van der Waals surface area contributed by atoms with Crippen LogP contribution in [-0.4, -0.2) is 77.1 Å². The van der Waals surface area contributed by atoms with E-state index in [0.717, 1.165) is 28.2 Å². The number of fused-ring (bicyclic) bond motifs is 1. The van der Waals surface area contributed by atoms with Crippen LogP contribution >= 0.6 is 11.8 Å². The van der Waals surface area contributed by atoms with Crippen molar-refractivity contribution in [3.8, 4) is 11.5 Å². The largest absolute Gasteiger partial charge is 0.497 e. The number of aryl methyl sites for hydroxylation is 1. The van der Waals surface area contributed by atoms with Crippen molar-refractivity contribution in [3.05, 3.63) is 119 Å². The molecule has 3 atom stereocenters. The zero-order valence-electron chi connectivity index (χ0n) is 29.4. The Hall–Kier alpha value is -3.87. The molecule has 0 N–H and O–H groups in total.